The molecule has 0 fully saturated rings. The molecule has 0 saturated carbocycles. The molecule has 25 heavy (non-hydrogen) atoms. The van der Waals surface area contributed by atoms with Gasteiger partial charge in [-0.2, -0.15) is 0 Å². The van der Waals surface area contributed by atoms with Gasteiger partial charge < -0.3 is 5.73 Å². The number of hydrogen-bond acceptors (Lipinski definition) is 1. The van der Waals surface area contributed by atoms with E-state index in [1.807, 2.05) is 0 Å². The van der Waals surface area contributed by atoms with Gasteiger partial charge in [0.15, 0.2) is 0 Å². The molecule has 0 amide bonds. The third-order valence-corrected chi connectivity index (χ3v) is 3.89. The molecule has 0 unspecified atom stereocenters. The van der Waals surface area contributed by atoms with Gasteiger partial charge in [-0.25, -0.2) is 0 Å². The topological polar surface area (TPSA) is 26.0 Å². The zero-order chi connectivity index (χ0) is 19.2. The summed E-state index contributed by atoms with van der Waals surface area (Å²) in [6, 6.07) is 17.2. The van der Waals surface area contributed by atoms with Crippen molar-refractivity contribution < 1.29 is 0 Å². The van der Waals surface area contributed by atoms with Crippen molar-refractivity contribution in [2.45, 2.75) is 54.4 Å². The lowest BCUT2D eigenvalue weighted by Gasteiger charge is -2.10. The first kappa shape index (κ1) is 23.1. The summed E-state index contributed by atoms with van der Waals surface area (Å²) in [6.45, 7) is 13.1. The molecule has 0 saturated heterocycles. The maximum Gasteiger partial charge on any atom is -0.0195 e. The van der Waals surface area contributed by atoms with Crippen LogP contribution in [0.25, 0.3) is 5.57 Å². The van der Waals surface area contributed by atoms with Crippen LogP contribution in [0, 0.1) is 26.7 Å². The van der Waals surface area contributed by atoms with E-state index in [4.69, 9.17) is 0 Å². The minimum absolute atomic E-state index is 0.730. The predicted octanol–water partition coefficient (Wildman–Crippen LogP) is 6.71. The molecule has 0 radical (unpaired) electrons. The molecular weight excluding hydrogens is 302 g/mol. The molecule has 2 aromatic rings. The van der Waals surface area contributed by atoms with E-state index in [0.717, 1.165) is 12.3 Å². The van der Waals surface area contributed by atoms with Gasteiger partial charge in [0.25, 0.3) is 0 Å². The van der Waals surface area contributed by atoms with E-state index in [9.17, 15) is 0 Å². The molecule has 2 N–H and O–H groups in total. The van der Waals surface area contributed by atoms with Crippen LogP contribution < -0.4 is 5.73 Å². The van der Waals surface area contributed by atoms with Crippen LogP contribution in [0.3, 0.4) is 0 Å². The van der Waals surface area contributed by atoms with E-state index in [1.165, 1.54) is 41.3 Å². The molecule has 0 spiro atoms. The van der Waals surface area contributed by atoms with E-state index in [-0.39, 0.29) is 0 Å². The average Bonchev–Trinajstić information content (AvgIpc) is 2.61. The lowest BCUT2D eigenvalue weighted by atomic mass is 9.96. The number of aryl methyl sites for hydroxylation is 3. The fourth-order valence-corrected chi connectivity index (χ4v) is 2.55. The van der Waals surface area contributed by atoms with Crippen molar-refractivity contribution in [2.24, 2.45) is 11.7 Å². The fourth-order valence-electron chi connectivity index (χ4n) is 2.55. The van der Waals surface area contributed by atoms with Crippen molar-refractivity contribution in [1.82, 2.24) is 0 Å². The van der Waals surface area contributed by atoms with Crippen molar-refractivity contribution in [2.75, 3.05) is 7.05 Å². The van der Waals surface area contributed by atoms with E-state index in [0.29, 0.717) is 0 Å². The van der Waals surface area contributed by atoms with E-state index >= 15 is 0 Å². The van der Waals surface area contributed by atoms with Crippen LogP contribution in [-0.2, 0) is 0 Å². The van der Waals surface area contributed by atoms with Gasteiger partial charge in [0.1, 0.15) is 0 Å². The molecule has 0 atom stereocenters. The summed E-state index contributed by atoms with van der Waals surface area (Å²) >= 11 is 0. The highest BCUT2D eigenvalue weighted by Gasteiger charge is 2.02. The summed E-state index contributed by atoms with van der Waals surface area (Å²) in [6.07, 6.45) is 4.64. The van der Waals surface area contributed by atoms with Crippen molar-refractivity contribution in [1.29, 1.82) is 0 Å². The molecule has 2 aromatic carbocycles. The average molecular weight is 340 g/mol. The summed E-state index contributed by atoms with van der Waals surface area (Å²) in [5, 5.41) is 0. The Morgan fingerprint density at radius 2 is 1.52 bits per heavy atom. The van der Waals surface area contributed by atoms with Gasteiger partial charge >= 0.3 is 0 Å². The smallest absolute Gasteiger partial charge is 0.0195 e. The SMILES string of the molecule is CC/C=C(/CC(C)C)c1ccccc1.CN.Cc1ccc(C)c(C)c1. The van der Waals surface area contributed by atoms with Crippen molar-refractivity contribution in [3.05, 3.63) is 76.9 Å². The first-order valence-corrected chi connectivity index (χ1v) is 9.30. The van der Waals surface area contributed by atoms with Gasteiger partial charge in [-0.1, -0.05) is 80.9 Å². The molecule has 0 aliphatic rings. The Bertz CT molecular complexity index is 609. The molecule has 0 aromatic heterocycles. The second-order valence-electron chi connectivity index (χ2n) is 6.69. The number of hydrogen-bond donors (Lipinski definition) is 1. The number of benzene rings is 2. The van der Waals surface area contributed by atoms with Crippen LogP contribution in [0.2, 0.25) is 0 Å². The first-order valence-electron chi connectivity index (χ1n) is 9.30. The minimum Gasteiger partial charge on any atom is -0.333 e. The summed E-state index contributed by atoms with van der Waals surface area (Å²) in [5.41, 5.74) is 11.5. The van der Waals surface area contributed by atoms with Crippen LogP contribution in [0.5, 0.6) is 0 Å². The number of rotatable bonds is 4. The Kier molecular flexibility index (Phi) is 12.4. The van der Waals surface area contributed by atoms with Gasteiger partial charge in [0.05, 0.1) is 0 Å². The van der Waals surface area contributed by atoms with Crippen molar-refractivity contribution in [3.8, 4) is 0 Å². The zero-order valence-corrected chi connectivity index (χ0v) is 17.3. The second kappa shape index (κ2) is 13.4. The van der Waals surface area contributed by atoms with Gasteiger partial charge in [-0.3, -0.25) is 0 Å². The molecule has 0 heterocycles. The molecule has 2 rings (SSSR count). The Hall–Kier alpha value is -1.86. The second-order valence-corrected chi connectivity index (χ2v) is 6.69. The van der Waals surface area contributed by atoms with Gasteiger partial charge in [-0.05, 0) is 68.8 Å². The monoisotopic (exact) mass is 339 g/mol. The largest absolute Gasteiger partial charge is 0.333 e. The quantitative estimate of drug-likeness (QED) is 0.658. The third-order valence-electron chi connectivity index (χ3n) is 3.89. The van der Waals surface area contributed by atoms with Crippen LogP contribution in [-0.4, -0.2) is 7.05 Å². The molecule has 0 bridgehead atoms. The summed E-state index contributed by atoms with van der Waals surface area (Å²) in [5.74, 6) is 0.730. The van der Waals surface area contributed by atoms with Crippen LogP contribution >= 0.6 is 0 Å². The van der Waals surface area contributed by atoms with Gasteiger partial charge in [0.2, 0.25) is 0 Å². The maximum absolute atomic E-state index is 4.50. The highest BCUT2D eigenvalue weighted by Crippen LogP contribution is 2.22. The molecule has 0 aliphatic heterocycles. The highest BCUT2D eigenvalue weighted by atomic mass is 14.4. The predicted molar refractivity (Wildman–Crippen MR) is 115 cm³/mol. The molecular formula is C24H37N. The fraction of sp³-hybridized carbons (Fsp3) is 0.417. The van der Waals surface area contributed by atoms with Crippen molar-refractivity contribution in [3.63, 3.8) is 0 Å². The maximum atomic E-state index is 4.50. The normalized spacial score (nSPS) is 10.5. The Balaban J connectivity index is 0.000000451. The number of allylic oxidation sites excluding steroid dienone is 2. The lowest BCUT2D eigenvalue weighted by molar-refractivity contribution is 0.672. The molecule has 138 valence electrons. The Morgan fingerprint density at radius 3 is 1.96 bits per heavy atom. The van der Waals surface area contributed by atoms with E-state index < -0.39 is 0 Å². The van der Waals surface area contributed by atoms with Crippen molar-refractivity contribution >= 4 is 5.57 Å². The molecule has 1 heteroatoms. The standard InChI is InChI=1S/C14H20.C9H12.CH5N/c1-4-8-14(11-12(2)3)13-9-6-5-7-10-13;1-7-4-5-8(2)9(3)6-7;1-2/h5-10,12H,4,11H2,1-3H3;4-6H,1-3H3;2H2,1H3/b14-8-;;. The van der Waals surface area contributed by atoms with Crippen LogP contribution in [0.15, 0.2) is 54.6 Å². The Labute approximate surface area is 156 Å². The summed E-state index contributed by atoms with van der Waals surface area (Å²) in [7, 11) is 1.50. The number of nitrogens with two attached hydrogens (primary N) is 1. The first-order chi connectivity index (χ1) is 11.9. The minimum atomic E-state index is 0.730. The molecule has 0 aliphatic carbocycles. The van der Waals surface area contributed by atoms with Crippen LogP contribution in [0.4, 0.5) is 0 Å². The van der Waals surface area contributed by atoms with Gasteiger partial charge in [-0.15, -0.1) is 0 Å². The van der Waals surface area contributed by atoms with Crippen LogP contribution in [0.1, 0.15) is 55.9 Å². The summed E-state index contributed by atoms with van der Waals surface area (Å²) < 4.78 is 0. The van der Waals surface area contributed by atoms with Gasteiger partial charge in [0, 0.05) is 0 Å². The Morgan fingerprint density at radius 1 is 0.920 bits per heavy atom. The van der Waals surface area contributed by atoms with E-state index in [1.54, 1.807) is 0 Å². The zero-order valence-electron chi connectivity index (χ0n) is 17.3. The summed E-state index contributed by atoms with van der Waals surface area (Å²) in [4.78, 5) is 0. The third kappa shape index (κ3) is 9.89. The lowest BCUT2D eigenvalue weighted by Crippen LogP contribution is -1.91. The van der Waals surface area contributed by atoms with E-state index in [2.05, 4.69) is 102 Å². The highest BCUT2D eigenvalue weighted by molar-refractivity contribution is 5.65. The molecule has 1 nitrogen and oxygen atoms in total.